The van der Waals surface area contributed by atoms with Gasteiger partial charge >= 0.3 is 0 Å². The summed E-state index contributed by atoms with van der Waals surface area (Å²) >= 11 is 12.0. The number of nitrogens with two attached hydrogens (primary N) is 2. The Bertz CT molecular complexity index is 760. The summed E-state index contributed by atoms with van der Waals surface area (Å²) in [6, 6.07) is 8.59. The molecule has 4 nitrogen and oxygen atoms in total. The molecule has 0 saturated heterocycles. The molecule has 0 aliphatic carbocycles. The second-order valence-corrected chi connectivity index (χ2v) is 4.91. The van der Waals surface area contributed by atoms with Gasteiger partial charge in [0.1, 0.15) is 5.52 Å². The predicted octanol–water partition coefficient (Wildman–Crippen LogP) is 3.97. The van der Waals surface area contributed by atoms with Crippen LogP contribution in [-0.4, -0.2) is 4.98 Å². The minimum atomic E-state index is 0.340. The molecule has 3 aromatic rings. The second-order valence-electron chi connectivity index (χ2n) is 4.10. The van der Waals surface area contributed by atoms with E-state index in [2.05, 4.69) is 4.98 Å². The van der Waals surface area contributed by atoms with Crippen LogP contribution in [0.25, 0.3) is 22.6 Å². The Balaban J connectivity index is 2.19. The third-order valence-electron chi connectivity index (χ3n) is 2.74. The van der Waals surface area contributed by atoms with Gasteiger partial charge in [0.05, 0.1) is 15.7 Å². The van der Waals surface area contributed by atoms with E-state index in [1.54, 1.807) is 30.3 Å². The number of anilines is 2. The summed E-state index contributed by atoms with van der Waals surface area (Å²) in [6.07, 6.45) is 0. The number of hydrogen-bond acceptors (Lipinski definition) is 4. The van der Waals surface area contributed by atoms with Gasteiger partial charge in [-0.15, -0.1) is 0 Å². The van der Waals surface area contributed by atoms with Gasteiger partial charge in [0.2, 0.25) is 5.89 Å². The number of halogens is 2. The largest absolute Gasteiger partial charge is 0.436 e. The lowest BCUT2D eigenvalue weighted by atomic mass is 10.2. The third-order valence-corrected chi connectivity index (χ3v) is 3.36. The van der Waals surface area contributed by atoms with Gasteiger partial charge in [0.15, 0.2) is 5.58 Å². The molecule has 1 aromatic heterocycles. The van der Waals surface area contributed by atoms with Crippen molar-refractivity contribution in [3.63, 3.8) is 0 Å². The highest BCUT2D eigenvalue weighted by atomic mass is 35.5. The maximum atomic E-state index is 5.99. The lowest BCUT2D eigenvalue weighted by Gasteiger charge is -2.03. The standard InChI is InChI=1S/C13H9Cl2N3O/c14-8-3-6(4-9(15)12(8)17)13-18-10-2-1-7(16)5-11(10)19-13/h1-5H,16-17H2. The Morgan fingerprint density at radius 2 is 1.68 bits per heavy atom. The van der Waals surface area contributed by atoms with Gasteiger partial charge in [-0.05, 0) is 24.3 Å². The number of benzene rings is 2. The van der Waals surface area contributed by atoms with Gasteiger partial charge in [-0.25, -0.2) is 4.98 Å². The van der Waals surface area contributed by atoms with E-state index in [1.165, 1.54) is 0 Å². The summed E-state index contributed by atoms with van der Waals surface area (Å²) < 4.78 is 5.64. The first kappa shape index (κ1) is 12.1. The fourth-order valence-corrected chi connectivity index (χ4v) is 2.26. The van der Waals surface area contributed by atoms with Crippen LogP contribution in [0.1, 0.15) is 0 Å². The molecule has 0 unspecified atom stereocenters. The zero-order chi connectivity index (χ0) is 13.6. The van der Waals surface area contributed by atoms with E-state index in [9.17, 15) is 0 Å². The molecule has 0 atom stereocenters. The summed E-state index contributed by atoms with van der Waals surface area (Å²) in [5.41, 5.74) is 14.3. The van der Waals surface area contributed by atoms with Gasteiger partial charge in [-0.1, -0.05) is 23.2 Å². The topological polar surface area (TPSA) is 78.1 Å². The quantitative estimate of drug-likeness (QED) is 0.666. The summed E-state index contributed by atoms with van der Waals surface area (Å²) in [5.74, 6) is 0.421. The molecule has 19 heavy (non-hydrogen) atoms. The van der Waals surface area contributed by atoms with Crippen LogP contribution in [0, 0.1) is 0 Å². The third kappa shape index (κ3) is 2.09. The summed E-state index contributed by atoms with van der Waals surface area (Å²) in [7, 11) is 0. The van der Waals surface area contributed by atoms with E-state index >= 15 is 0 Å². The van der Waals surface area contributed by atoms with E-state index in [4.69, 9.17) is 39.1 Å². The van der Waals surface area contributed by atoms with Crippen molar-refractivity contribution in [3.05, 3.63) is 40.4 Å². The number of aromatic nitrogens is 1. The van der Waals surface area contributed by atoms with Crippen molar-refractivity contribution in [2.45, 2.75) is 0 Å². The van der Waals surface area contributed by atoms with Gasteiger partial charge in [0.25, 0.3) is 0 Å². The van der Waals surface area contributed by atoms with Crippen molar-refractivity contribution >= 4 is 45.7 Å². The van der Waals surface area contributed by atoms with Crippen LogP contribution in [-0.2, 0) is 0 Å². The highest BCUT2D eigenvalue weighted by molar-refractivity contribution is 6.39. The smallest absolute Gasteiger partial charge is 0.227 e. The summed E-state index contributed by atoms with van der Waals surface area (Å²) in [6.45, 7) is 0. The SMILES string of the molecule is Nc1ccc2nc(-c3cc(Cl)c(N)c(Cl)c3)oc2c1. The number of nitrogens with zero attached hydrogens (tertiary/aromatic N) is 1. The fraction of sp³-hybridized carbons (Fsp3) is 0. The van der Waals surface area contributed by atoms with Crippen molar-refractivity contribution in [3.8, 4) is 11.5 Å². The zero-order valence-electron chi connectivity index (χ0n) is 9.65. The minimum Gasteiger partial charge on any atom is -0.436 e. The second kappa shape index (κ2) is 4.33. The van der Waals surface area contributed by atoms with Crippen molar-refractivity contribution in [2.24, 2.45) is 0 Å². The van der Waals surface area contributed by atoms with Gasteiger partial charge < -0.3 is 15.9 Å². The molecule has 2 aromatic carbocycles. The fourth-order valence-electron chi connectivity index (χ4n) is 1.77. The van der Waals surface area contributed by atoms with Crippen molar-refractivity contribution in [1.29, 1.82) is 0 Å². The monoisotopic (exact) mass is 293 g/mol. The Morgan fingerprint density at radius 3 is 2.37 bits per heavy atom. The van der Waals surface area contributed by atoms with Crippen LogP contribution in [0.15, 0.2) is 34.7 Å². The molecule has 1 heterocycles. The van der Waals surface area contributed by atoms with Crippen LogP contribution in [0.2, 0.25) is 10.0 Å². The molecule has 0 aliphatic heterocycles. The molecule has 96 valence electrons. The lowest BCUT2D eigenvalue weighted by molar-refractivity contribution is 0.620. The van der Waals surface area contributed by atoms with E-state index in [-0.39, 0.29) is 0 Å². The highest BCUT2D eigenvalue weighted by Gasteiger charge is 2.12. The van der Waals surface area contributed by atoms with Crippen LogP contribution in [0.5, 0.6) is 0 Å². The molecule has 0 saturated carbocycles. The molecule has 3 rings (SSSR count). The van der Waals surface area contributed by atoms with Gasteiger partial charge in [-0.3, -0.25) is 0 Å². The van der Waals surface area contributed by atoms with Crippen LogP contribution in [0.4, 0.5) is 11.4 Å². The molecular weight excluding hydrogens is 285 g/mol. The Morgan fingerprint density at radius 1 is 1.00 bits per heavy atom. The van der Waals surface area contributed by atoms with E-state index in [0.29, 0.717) is 44.0 Å². The molecule has 6 heteroatoms. The first-order valence-corrected chi connectivity index (χ1v) is 6.21. The minimum absolute atomic E-state index is 0.340. The number of fused-ring (bicyclic) bond motifs is 1. The molecule has 4 N–H and O–H groups in total. The lowest BCUT2D eigenvalue weighted by Crippen LogP contribution is -1.89. The first-order valence-electron chi connectivity index (χ1n) is 5.45. The first-order chi connectivity index (χ1) is 9.04. The van der Waals surface area contributed by atoms with Crippen LogP contribution in [0.3, 0.4) is 0 Å². The zero-order valence-corrected chi connectivity index (χ0v) is 11.2. The van der Waals surface area contributed by atoms with Crippen LogP contribution < -0.4 is 11.5 Å². The number of nitrogen functional groups attached to an aromatic ring is 2. The van der Waals surface area contributed by atoms with E-state index < -0.39 is 0 Å². The molecule has 0 bridgehead atoms. The van der Waals surface area contributed by atoms with E-state index in [0.717, 1.165) is 0 Å². The van der Waals surface area contributed by atoms with E-state index in [1.807, 2.05) is 0 Å². The average molecular weight is 294 g/mol. The molecule has 0 amide bonds. The van der Waals surface area contributed by atoms with Gasteiger partial charge in [0, 0.05) is 17.3 Å². The Labute approximate surface area is 118 Å². The van der Waals surface area contributed by atoms with Gasteiger partial charge in [-0.2, -0.15) is 0 Å². The molecular formula is C13H9Cl2N3O. The Kier molecular flexibility index (Phi) is 2.77. The van der Waals surface area contributed by atoms with Crippen molar-refractivity contribution in [2.75, 3.05) is 11.5 Å². The normalized spacial score (nSPS) is 11.1. The Hall–Kier alpha value is -1.91. The molecule has 0 spiro atoms. The average Bonchev–Trinajstić information content (AvgIpc) is 2.78. The summed E-state index contributed by atoms with van der Waals surface area (Å²) in [5, 5.41) is 0.730. The van der Waals surface area contributed by atoms with Crippen molar-refractivity contribution < 1.29 is 4.42 Å². The number of rotatable bonds is 1. The highest BCUT2D eigenvalue weighted by Crippen LogP contribution is 2.34. The molecule has 0 radical (unpaired) electrons. The maximum Gasteiger partial charge on any atom is 0.227 e. The maximum absolute atomic E-state index is 5.99. The van der Waals surface area contributed by atoms with Crippen LogP contribution >= 0.6 is 23.2 Å². The summed E-state index contributed by atoms with van der Waals surface area (Å²) in [4.78, 5) is 4.36. The number of hydrogen-bond donors (Lipinski definition) is 2. The molecule has 0 fully saturated rings. The van der Waals surface area contributed by atoms with Crippen molar-refractivity contribution in [1.82, 2.24) is 4.98 Å². The predicted molar refractivity (Wildman–Crippen MR) is 78.3 cm³/mol. The number of oxazole rings is 1. The molecule has 0 aliphatic rings.